The zero-order valence-electron chi connectivity index (χ0n) is 13.2. The average molecular weight is 320 g/mol. The van der Waals surface area contributed by atoms with Gasteiger partial charge in [-0.15, -0.1) is 11.3 Å². The van der Waals surface area contributed by atoms with Gasteiger partial charge in [0.15, 0.2) is 0 Å². The first-order chi connectivity index (χ1) is 10.5. The molecule has 2 aliphatic rings. The molecule has 1 heterocycles. The van der Waals surface area contributed by atoms with E-state index in [1.807, 2.05) is 11.4 Å². The van der Waals surface area contributed by atoms with Gasteiger partial charge in [-0.1, -0.05) is 12.5 Å². The molecule has 2 amide bonds. The predicted molar refractivity (Wildman–Crippen MR) is 87.8 cm³/mol. The van der Waals surface area contributed by atoms with Crippen LogP contribution in [0.1, 0.15) is 49.2 Å². The molecule has 1 aromatic rings. The summed E-state index contributed by atoms with van der Waals surface area (Å²) < 4.78 is 0. The quantitative estimate of drug-likeness (QED) is 0.876. The van der Waals surface area contributed by atoms with Crippen molar-refractivity contribution in [3.63, 3.8) is 0 Å². The molecule has 0 aromatic carbocycles. The van der Waals surface area contributed by atoms with Crippen molar-refractivity contribution < 1.29 is 9.59 Å². The minimum Gasteiger partial charge on any atom is -0.352 e. The van der Waals surface area contributed by atoms with Crippen molar-refractivity contribution in [2.75, 3.05) is 0 Å². The Hall–Kier alpha value is -1.36. The molecule has 0 saturated heterocycles. The lowest BCUT2D eigenvalue weighted by molar-refractivity contribution is -0.123. The summed E-state index contributed by atoms with van der Waals surface area (Å²) in [6.07, 6.45) is 5.28. The Morgan fingerprint density at radius 2 is 2.05 bits per heavy atom. The first-order valence-corrected chi connectivity index (χ1v) is 9.07. The number of nitrogens with one attached hydrogen (secondary N) is 2. The highest BCUT2D eigenvalue weighted by Gasteiger charge is 2.42. The molecule has 0 spiro atoms. The largest absolute Gasteiger partial charge is 0.352 e. The van der Waals surface area contributed by atoms with Crippen LogP contribution in [0.3, 0.4) is 0 Å². The number of hydrogen-bond acceptors (Lipinski definition) is 3. The van der Waals surface area contributed by atoms with Gasteiger partial charge in [0.05, 0.1) is 4.88 Å². The molecule has 5 heteroatoms. The van der Waals surface area contributed by atoms with Crippen LogP contribution in [0.25, 0.3) is 0 Å². The normalized spacial score (nSPS) is 29.1. The number of carbonyl (C=O) groups is 2. The van der Waals surface area contributed by atoms with Gasteiger partial charge < -0.3 is 10.6 Å². The lowest BCUT2D eigenvalue weighted by Gasteiger charge is -2.29. The topological polar surface area (TPSA) is 58.2 Å². The van der Waals surface area contributed by atoms with Crippen molar-refractivity contribution in [3.05, 3.63) is 22.4 Å². The van der Waals surface area contributed by atoms with Gasteiger partial charge in [-0.05, 0) is 62.3 Å². The molecule has 22 heavy (non-hydrogen) atoms. The van der Waals surface area contributed by atoms with Gasteiger partial charge >= 0.3 is 0 Å². The summed E-state index contributed by atoms with van der Waals surface area (Å²) in [5.74, 6) is 2.02. The summed E-state index contributed by atoms with van der Waals surface area (Å²) in [5.41, 5.74) is 0. The van der Waals surface area contributed by atoms with E-state index in [0.29, 0.717) is 10.8 Å². The highest BCUT2D eigenvalue weighted by molar-refractivity contribution is 7.12. The third-order valence-electron chi connectivity index (χ3n) is 5.29. The van der Waals surface area contributed by atoms with E-state index in [4.69, 9.17) is 0 Å². The zero-order chi connectivity index (χ0) is 15.7. The van der Waals surface area contributed by atoms with Gasteiger partial charge in [-0.2, -0.15) is 0 Å². The van der Waals surface area contributed by atoms with Gasteiger partial charge in [0.2, 0.25) is 5.91 Å². The van der Waals surface area contributed by atoms with Crippen molar-refractivity contribution in [2.24, 2.45) is 17.8 Å². The van der Waals surface area contributed by atoms with Gasteiger partial charge in [0, 0.05) is 6.04 Å². The molecule has 2 bridgehead atoms. The summed E-state index contributed by atoms with van der Waals surface area (Å²) >= 11 is 1.38. The molecule has 2 N–H and O–H groups in total. The highest BCUT2D eigenvalue weighted by Crippen LogP contribution is 2.49. The zero-order valence-corrected chi connectivity index (χ0v) is 14.0. The highest BCUT2D eigenvalue weighted by atomic mass is 32.1. The molecule has 3 rings (SSSR count). The summed E-state index contributed by atoms with van der Waals surface area (Å²) in [4.78, 5) is 24.9. The number of carbonyl (C=O) groups excluding carboxylic acids is 2. The third kappa shape index (κ3) is 3.19. The maximum absolute atomic E-state index is 12.3. The van der Waals surface area contributed by atoms with Crippen LogP contribution < -0.4 is 10.6 Å². The maximum atomic E-state index is 12.3. The first kappa shape index (κ1) is 15.5. The van der Waals surface area contributed by atoms with E-state index in [-0.39, 0.29) is 17.9 Å². The van der Waals surface area contributed by atoms with Crippen LogP contribution in [-0.4, -0.2) is 23.9 Å². The predicted octanol–water partition coefficient (Wildman–Crippen LogP) is 2.81. The smallest absolute Gasteiger partial charge is 0.261 e. The molecule has 2 aliphatic carbocycles. The maximum Gasteiger partial charge on any atom is 0.261 e. The number of amides is 2. The van der Waals surface area contributed by atoms with Crippen LogP contribution >= 0.6 is 11.3 Å². The van der Waals surface area contributed by atoms with Gasteiger partial charge in [0.1, 0.15) is 6.04 Å². The first-order valence-electron chi connectivity index (χ1n) is 8.19. The van der Waals surface area contributed by atoms with E-state index in [2.05, 4.69) is 17.6 Å². The lowest BCUT2D eigenvalue weighted by atomic mass is 9.84. The summed E-state index contributed by atoms with van der Waals surface area (Å²) in [6, 6.07) is 3.30. The summed E-state index contributed by atoms with van der Waals surface area (Å²) in [7, 11) is 0. The van der Waals surface area contributed by atoms with E-state index in [1.54, 1.807) is 13.0 Å². The molecule has 2 saturated carbocycles. The van der Waals surface area contributed by atoms with Crippen molar-refractivity contribution in [1.29, 1.82) is 0 Å². The van der Waals surface area contributed by atoms with Crippen molar-refractivity contribution in [1.82, 2.24) is 10.6 Å². The SMILES string of the molecule is CC(NC(=O)c1cccs1)C(=O)NC(C)C1CC2CCC1C2. The van der Waals surface area contributed by atoms with Gasteiger partial charge in [0.25, 0.3) is 5.91 Å². The van der Waals surface area contributed by atoms with Crippen LogP contribution in [0.4, 0.5) is 0 Å². The fraction of sp³-hybridized carbons (Fsp3) is 0.647. The molecule has 2 fully saturated rings. The third-order valence-corrected chi connectivity index (χ3v) is 6.16. The fourth-order valence-corrected chi connectivity index (χ4v) is 4.73. The van der Waals surface area contributed by atoms with Gasteiger partial charge in [-0.3, -0.25) is 9.59 Å². The van der Waals surface area contributed by atoms with Crippen LogP contribution in [0.2, 0.25) is 0 Å². The second kappa shape index (κ2) is 6.41. The Morgan fingerprint density at radius 3 is 2.64 bits per heavy atom. The van der Waals surface area contributed by atoms with Crippen molar-refractivity contribution >= 4 is 23.2 Å². The number of rotatable bonds is 5. The standard InChI is InChI=1S/C17H24N2O2S/c1-10(14-9-12-5-6-13(14)8-12)18-16(20)11(2)19-17(21)15-4-3-7-22-15/h3-4,7,10-14H,5-6,8-9H2,1-2H3,(H,18,20)(H,19,21). The minimum absolute atomic E-state index is 0.0832. The summed E-state index contributed by atoms with van der Waals surface area (Å²) in [6.45, 7) is 3.85. The second-order valence-corrected chi connectivity index (χ2v) is 7.76. The van der Waals surface area contributed by atoms with Crippen LogP contribution in [0.5, 0.6) is 0 Å². The average Bonchev–Trinajstić information content (AvgIpc) is 3.23. The molecular weight excluding hydrogens is 296 g/mol. The molecule has 0 radical (unpaired) electrons. The number of fused-ring (bicyclic) bond motifs is 2. The molecule has 5 atom stereocenters. The Morgan fingerprint density at radius 1 is 1.23 bits per heavy atom. The van der Waals surface area contributed by atoms with E-state index < -0.39 is 6.04 Å². The van der Waals surface area contributed by atoms with Crippen LogP contribution in [-0.2, 0) is 4.79 Å². The fourth-order valence-electron chi connectivity index (χ4n) is 4.10. The Labute approximate surface area is 135 Å². The Bertz CT molecular complexity index is 543. The Balaban J connectivity index is 1.49. The van der Waals surface area contributed by atoms with Gasteiger partial charge in [-0.25, -0.2) is 0 Å². The second-order valence-electron chi connectivity index (χ2n) is 6.81. The lowest BCUT2D eigenvalue weighted by Crippen LogP contribution is -2.49. The summed E-state index contributed by atoms with van der Waals surface area (Å²) in [5, 5.41) is 7.74. The molecule has 0 aliphatic heterocycles. The monoisotopic (exact) mass is 320 g/mol. The molecule has 4 nitrogen and oxygen atoms in total. The van der Waals surface area contributed by atoms with E-state index >= 15 is 0 Å². The molecule has 1 aromatic heterocycles. The van der Waals surface area contributed by atoms with Crippen LogP contribution in [0.15, 0.2) is 17.5 Å². The molecule has 120 valence electrons. The number of thiophene rings is 1. The molecule has 5 unspecified atom stereocenters. The Kier molecular flexibility index (Phi) is 4.52. The van der Waals surface area contributed by atoms with Crippen molar-refractivity contribution in [3.8, 4) is 0 Å². The van der Waals surface area contributed by atoms with E-state index in [1.165, 1.54) is 37.0 Å². The molecular formula is C17H24N2O2S. The van der Waals surface area contributed by atoms with E-state index in [9.17, 15) is 9.59 Å². The minimum atomic E-state index is -0.504. The number of hydrogen-bond donors (Lipinski definition) is 2. The van der Waals surface area contributed by atoms with Crippen LogP contribution in [0, 0.1) is 17.8 Å². The van der Waals surface area contributed by atoms with E-state index in [0.717, 1.165) is 11.8 Å². The van der Waals surface area contributed by atoms with Crippen molar-refractivity contribution in [2.45, 2.75) is 51.6 Å².